The first-order chi connectivity index (χ1) is 9.65. The fraction of sp³-hybridized carbons (Fsp3) is 0.250. The molecule has 0 aliphatic carbocycles. The van der Waals surface area contributed by atoms with Crippen molar-refractivity contribution in [1.82, 2.24) is 0 Å². The number of methoxy groups -OCH3 is 2. The van der Waals surface area contributed by atoms with Gasteiger partial charge < -0.3 is 14.6 Å². The summed E-state index contributed by atoms with van der Waals surface area (Å²) in [7, 11) is 3.07. The molecular formula is C16H17FO3. The smallest absolute Gasteiger partial charge is 0.128 e. The van der Waals surface area contributed by atoms with Crippen molar-refractivity contribution in [2.24, 2.45) is 0 Å². The van der Waals surface area contributed by atoms with Gasteiger partial charge in [-0.1, -0.05) is 18.2 Å². The Morgan fingerprint density at radius 1 is 1.05 bits per heavy atom. The Bertz CT molecular complexity index is 561. The highest BCUT2D eigenvalue weighted by atomic mass is 19.1. The van der Waals surface area contributed by atoms with Gasteiger partial charge in [-0.05, 0) is 29.8 Å². The van der Waals surface area contributed by atoms with Crippen molar-refractivity contribution in [3.05, 3.63) is 59.4 Å². The number of aliphatic hydroxyl groups is 1. The van der Waals surface area contributed by atoms with Gasteiger partial charge in [-0.2, -0.15) is 0 Å². The molecule has 1 atom stereocenters. The molecule has 2 aromatic carbocycles. The monoisotopic (exact) mass is 276 g/mol. The highest BCUT2D eigenvalue weighted by Gasteiger charge is 2.19. The lowest BCUT2D eigenvalue weighted by Gasteiger charge is -2.18. The third kappa shape index (κ3) is 3.08. The first kappa shape index (κ1) is 14.3. The van der Waals surface area contributed by atoms with E-state index in [2.05, 4.69) is 0 Å². The molecule has 0 saturated heterocycles. The number of halogens is 1. The molecule has 1 N–H and O–H groups in total. The van der Waals surface area contributed by atoms with E-state index in [4.69, 9.17) is 9.47 Å². The van der Waals surface area contributed by atoms with Gasteiger partial charge in [-0.25, -0.2) is 4.39 Å². The Morgan fingerprint density at radius 3 is 2.20 bits per heavy atom. The number of hydrogen-bond acceptors (Lipinski definition) is 3. The van der Waals surface area contributed by atoms with Crippen molar-refractivity contribution in [3.8, 4) is 11.5 Å². The number of rotatable bonds is 5. The third-order valence-corrected chi connectivity index (χ3v) is 3.12. The zero-order valence-electron chi connectivity index (χ0n) is 11.5. The van der Waals surface area contributed by atoms with Gasteiger partial charge in [0.05, 0.1) is 25.9 Å². The number of hydrogen-bond donors (Lipinski definition) is 1. The average molecular weight is 276 g/mol. The molecule has 0 heterocycles. The summed E-state index contributed by atoms with van der Waals surface area (Å²) >= 11 is 0. The molecule has 4 heteroatoms. The quantitative estimate of drug-likeness (QED) is 0.912. The molecule has 0 saturated carbocycles. The fourth-order valence-electron chi connectivity index (χ4n) is 2.20. The van der Waals surface area contributed by atoms with Crippen molar-refractivity contribution >= 4 is 0 Å². The van der Waals surface area contributed by atoms with Gasteiger partial charge in [0.25, 0.3) is 0 Å². The van der Waals surface area contributed by atoms with Crippen molar-refractivity contribution in [2.45, 2.75) is 12.5 Å². The second-order valence-corrected chi connectivity index (χ2v) is 4.43. The predicted octanol–water partition coefficient (Wildman–Crippen LogP) is 3.12. The van der Waals surface area contributed by atoms with Gasteiger partial charge in [0.2, 0.25) is 0 Å². The topological polar surface area (TPSA) is 38.7 Å². The van der Waals surface area contributed by atoms with Crippen LogP contribution in [0.15, 0.2) is 42.5 Å². The van der Waals surface area contributed by atoms with Gasteiger partial charge in [-0.15, -0.1) is 0 Å². The van der Waals surface area contributed by atoms with Crippen molar-refractivity contribution < 1.29 is 19.0 Å². The number of aliphatic hydroxyl groups excluding tert-OH is 1. The molecule has 0 radical (unpaired) electrons. The molecule has 0 spiro atoms. The predicted molar refractivity (Wildman–Crippen MR) is 74.6 cm³/mol. The van der Waals surface area contributed by atoms with Crippen LogP contribution in [0, 0.1) is 5.82 Å². The van der Waals surface area contributed by atoms with E-state index in [-0.39, 0.29) is 12.2 Å². The van der Waals surface area contributed by atoms with Crippen LogP contribution >= 0.6 is 0 Å². The Labute approximate surface area is 117 Å². The molecular weight excluding hydrogens is 259 g/mol. The maximum atomic E-state index is 13.2. The summed E-state index contributed by atoms with van der Waals surface area (Å²) in [4.78, 5) is 0. The maximum absolute atomic E-state index is 13.2. The molecule has 106 valence electrons. The van der Waals surface area contributed by atoms with E-state index in [1.807, 2.05) is 0 Å². The van der Waals surface area contributed by atoms with Crippen LogP contribution in [0.3, 0.4) is 0 Å². The molecule has 1 unspecified atom stereocenters. The first-order valence-corrected chi connectivity index (χ1v) is 6.29. The highest BCUT2D eigenvalue weighted by molar-refractivity contribution is 5.46. The second-order valence-electron chi connectivity index (χ2n) is 4.43. The summed E-state index contributed by atoms with van der Waals surface area (Å²) in [6.07, 6.45) is -0.544. The Morgan fingerprint density at radius 2 is 1.65 bits per heavy atom. The first-order valence-electron chi connectivity index (χ1n) is 6.29. The fourth-order valence-corrected chi connectivity index (χ4v) is 2.20. The molecule has 2 aromatic rings. The Hall–Kier alpha value is -2.07. The summed E-state index contributed by atoms with van der Waals surface area (Å²) in [5.41, 5.74) is 1.28. The van der Waals surface area contributed by atoms with E-state index >= 15 is 0 Å². The molecule has 0 aliphatic rings. The van der Waals surface area contributed by atoms with Gasteiger partial charge in [0, 0.05) is 6.42 Å². The van der Waals surface area contributed by atoms with Crippen LogP contribution in [-0.4, -0.2) is 19.3 Å². The van der Waals surface area contributed by atoms with Gasteiger partial charge in [0.15, 0.2) is 0 Å². The third-order valence-electron chi connectivity index (χ3n) is 3.12. The normalized spacial score (nSPS) is 12.0. The summed E-state index contributed by atoms with van der Waals surface area (Å²) in [6.45, 7) is 0. The minimum atomic E-state index is -0.831. The van der Waals surface area contributed by atoms with Crippen LogP contribution in [0.5, 0.6) is 11.5 Å². The summed E-state index contributed by atoms with van der Waals surface area (Å²) in [5.74, 6) is 0.781. The number of ether oxygens (including phenoxy) is 2. The molecule has 0 bridgehead atoms. The molecule has 0 amide bonds. The largest absolute Gasteiger partial charge is 0.496 e. The van der Waals surface area contributed by atoms with Crippen molar-refractivity contribution in [1.29, 1.82) is 0 Å². The molecule has 3 nitrogen and oxygen atoms in total. The van der Waals surface area contributed by atoms with Gasteiger partial charge in [-0.3, -0.25) is 0 Å². The van der Waals surface area contributed by atoms with Crippen LogP contribution in [0.2, 0.25) is 0 Å². The lowest BCUT2D eigenvalue weighted by Crippen LogP contribution is -2.06. The zero-order chi connectivity index (χ0) is 14.5. The molecule has 2 rings (SSSR count). The standard InChI is InChI=1S/C16H17FO3/c1-19-14-7-4-8-15(20-2)16(14)13(18)10-11-5-3-6-12(17)9-11/h3-9,13,18H,10H2,1-2H3. The SMILES string of the molecule is COc1cccc(OC)c1C(O)Cc1cccc(F)c1. The van der Waals surface area contributed by atoms with E-state index in [9.17, 15) is 9.50 Å². The lowest BCUT2D eigenvalue weighted by molar-refractivity contribution is 0.169. The minimum absolute atomic E-state index is 0.286. The second kappa shape index (κ2) is 6.39. The molecule has 0 aliphatic heterocycles. The van der Waals surface area contributed by atoms with E-state index < -0.39 is 6.10 Å². The summed E-state index contributed by atoms with van der Waals surface area (Å²) in [6, 6.07) is 11.5. The van der Waals surface area contributed by atoms with Crippen molar-refractivity contribution in [2.75, 3.05) is 14.2 Å². The highest BCUT2D eigenvalue weighted by Crippen LogP contribution is 2.35. The van der Waals surface area contributed by atoms with Crippen LogP contribution in [0.25, 0.3) is 0 Å². The Balaban J connectivity index is 2.31. The van der Waals surface area contributed by atoms with Gasteiger partial charge >= 0.3 is 0 Å². The van der Waals surface area contributed by atoms with E-state index in [0.29, 0.717) is 22.6 Å². The van der Waals surface area contributed by atoms with Crippen molar-refractivity contribution in [3.63, 3.8) is 0 Å². The van der Waals surface area contributed by atoms with Crippen LogP contribution in [-0.2, 0) is 6.42 Å². The maximum Gasteiger partial charge on any atom is 0.128 e. The van der Waals surface area contributed by atoms with Crippen LogP contribution in [0.1, 0.15) is 17.2 Å². The number of benzene rings is 2. The van der Waals surface area contributed by atoms with E-state index in [0.717, 1.165) is 0 Å². The van der Waals surface area contributed by atoms with E-state index in [1.165, 1.54) is 26.4 Å². The van der Waals surface area contributed by atoms with E-state index in [1.54, 1.807) is 30.3 Å². The molecule has 0 aromatic heterocycles. The molecule has 0 fully saturated rings. The summed E-state index contributed by atoms with van der Waals surface area (Å²) in [5, 5.41) is 10.4. The van der Waals surface area contributed by atoms with Gasteiger partial charge in [0.1, 0.15) is 17.3 Å². The summed E-state index contributed by atoms with van der Waals surface area (Å²) < 4.78 is 23.7. The van der Waals surface area contributed by atoms with Crippen LogP contribution < -0.4 is 9.47 Å². The average Bonchev–Trinajstić information content (AvgIpc) is 2.46. The minimum Gasteiger partial charge on any atom is -0.496 e. The zero-order valence-corrected chi connectivity index (χ0v) is 11.5. The van der Waals surface area contributed by atoms with Crippen LogP contribution in [0.4, 0.5) is 4.39 Å². The Kier molecular flexibility index (Phi) is 4.58. The lowest BCUT2D eigenvalue weighted by atomic mass is 9.99. The molecule has 20 heavy (non-hydrogen) atoms.